The van der Waals surface area contributed by atoms with E-state index >= 15 is 0 Å². The number of aromatic nitrogens is 1. The van der Waals surface area contributed by atoms with E-state index in [2.05, 4.69) is 49.4 Å². The lowest BCUT2D eigenvalue weighted by Gasteiger charge is -2.38. The summed E-state index contributed by atoms with van der Waals surface area (Å²) in [5, 5.41) is 0. The van der Waals surface area contributed by atoms with Crippen LogP contribution in [0.1, 0.15) is 59.1 Å². The zero-order valence-electron chi connectivity index (χ0n) is 15.9. The number of likely N-dealkylation sites (tertiary alicyclic amines) is 1. The van der Waals surface area contributed by atoms with Crippen LogP contribution < -0.4 is 0 Å². The maximum absolute atomic E-state index is 6.00. The van der Waals surface area contributed by atoms with Crippen molar-refractivity contribution in [2.45, 2.75) is 77.7 Å². The molecule has 2 fully saturated rings. The van der Waals surface area contributed by atoms with Crippen molar-refractivity contribution in [1.29, 1.82) is 0 Å². The lowest BCUT2D eigenvalue weighted by molar-refractivity contribution is -0.0726. The minimum atomic E-state index is 0.0236. The molecule has 1 aromatic heterocycles. The van der Waals surface area contributed by atoms with Crippen LogP contribution in [0.5, 0.6) is 0 Å². The van der Waals surface area contributed by atoms with Crippen molar-refractivity contribution in [2.75, 3.05) is 26.2 Å². The van der Waals surface area contributed by atoms with Gasteiger partial charge in [-0.05, 0) is 33.2 Å². The maximum atomic E-state index is 6.00. The highest BCUT2D eigenvalue weighted by Gasteiger charge is 2.31. The third-order valence-electron chi connectivity index (χ3n) is 5.09. The van der Waals surface area contributed by atoms with Gasteiger partial charge in [0.15, 0.2) is 0 Å². The monoisotopic (exact) mass is 335 g/mol. The molecule has 0 bridgehead atoms. The van der Waals surface area contributed by atoms with Crippen molar-refractivity contribution in [3.8, 4) is 0 Å². The average Bonchev–Trinajstić information content (AvgIpc) is 3.08. The second-order valence-electron chi connectivity index (χ2n) is 8.61. The van der Waals surface area contributed by atoms with Crippen molar-refractivity contribution in [3.05, 3.63) is 17.8 Å². The Kier molecular flexibility index (Phi) is 5.33. The standard InChI is InChI=1S/C19H33N3O2/c1-14-10-21(11-15(2)23-14)12-16-7-6-8-22(16)13-18-20-9-17(24-18)19(3,4)5/h9,14-16H,6-8,10-13H2,1-5H3. The summed E-state index contributed by atoms with van der Waals surface area (Å²) < 4.78 is 11.9. The van der Waals surface area contributed by atoms with Crippen LogP contribution in [0.3, 0.4) is 0 Å². The van der Waals surface area contributed by atoms with Gasteiger partial charge in [0.05, 0.1) is 24.9 Å². The predicted molar refractivity (Wildman–Crippen MR) is 95.1 cm³/mol. The minimum absolute atomic E-state index is 0.0236. The van der Waals surface area contributed by atoms with Crippen LogP contribution in [-0.2, 0) is 16.7 Å². The van der Waals surface area contributed by atoms with Gasteiger partial charge in [-0.3, -0.25) is 9.80 Å². The fourth-order valence-electron chi connectivity index (χ4n) is 3.95. The first-order valence-electron chi connectivity index (χ1n) is 9.38. The van der Waals surface area contributed by atoms with Gasteiger partial charge in [0, 0.05) is 31.1 Å². The number of hydrogen-bond donors (Lipinski definition) is 0. The van der Waals surface area contributed by atoms with E-state index in [1.165, 1.54) is 12.8 Å². The van der Waals surface area contributed by atoms with Gasteiger partial charge in [0.25, 0.3) is 0 Å². The van der Waals surface area contributed by atoms with E-state index in [0.29, 0.717) is 18.2 Å². The molecule has 5 heteroatoms. The summed E-state index contributed by atoms with van der Waals surface area (Å²) in [7, 11) is 0. The zero-order chi connectivity index (χ0) is 17.3. The Labute approximate surface area is 146 Å². The molecular weight excluding hydrogens is 302 g/mol. The Hall–Kier alpha value is -0.910. The number of hydrogen-bond acceptors (Lipinski definition) is 5. The number of morpholine rings is 1. The third kappa shape index (κ3) is 4.38. The molecule has 3 heterocycles. The summed E-state index contributed by atoms with van der Waals surface area (Å²) in [6.45, 7) is 16.0. The van der Waals surface area contributed by atoms with Crippen LogP contribution in [-0.4, -0.2) is 59.2 Å². The molecule has 3 unspecified atom stereocenters. The van der Waals surface area contributed by atoms with Gasteiger partial charge >= 0.3 is 0 Å². The van der Waals surface area contributed by atoms with Crippen molar-refractivity contribution in [2.24, 2.45) is 0 Å². The molecule has 0 spiro atoms. The summed E-state index contributed by atoms with van der Waals surface area (Å²) in [6, 6.07) is 0.604. The maximum Gasteiger partial charge on any atom is 0.208 e. The van der Waals surface area contributed by atoms with E-state index in [4.69, 9.17) is 9.15 Å². The Morgan fingerprint density at radius 1 is 1.21 bits per heavy atom. The summed E-state index contributed by atoms with van der Waals surface area (Å²) in [6.07, 6.45) is 5.11. The molecule has 0 aliphatic carbocycles. The van der Waals surface area contributed by atoms with E-state index < -0.39 is 0 Å². The van der Waals surface area contributed by atoms with Crippen LogP contribution in [0.2, 0.25) is 0 Å². The summed E-state index contributed by atoms with van der Waals surface area (Å²) >= 11 is 0. The normalized spacial score (nSPS) is 30.1. The second-order valence-corrected chi connectivity index (χ2v) is 8.61. The van der Waals surface area contributed by atoms with Gasteiger partial charge in [0.2, 0.25) is 5.89 Å². The highest BCUT2D eigenvalue weighted by Crippen LogP contribution is 2.26. The van der Waals surface area contributed by atoms with Crippen LogP contribution >= 0.6 is 0 Å². The predicted octanol–water partition coefficient (Wildman–Crippen LogP) is 3.05. The number of rotatable bonds is 4. The molecule has 0 N–H and O–H groups in total. The van der Waals surface area contributed by atoms with Crippen LogP contribution in [0.4, 0.5) is 0 Å². The highest BCUT2D eigenvalue weighted by molar-refractivity contribution is 5.06. The van der Waals surface area contributed by atoms with Gasteiger partial charge in [-0.15, -0.1) is 0 Å². The van der Waals surface area contributed by atoms with Gasteiger partial charge in [-0.25, -0.2) is 4.98 Å². The molecule has 5 nitrogen and oxygen atoms in total. The molecule has 1 aromatic rings. The minimum Gasteiger partial charge on any atom is -0.444 e. The van der Waals surface area contributed by atoms with E-state index in [1.807, 2.05) is 6.20 Å². The van der Waals surface area contributed by atoms with Gasteiger partial charge in [0.1, 0.15) is 5.76 Å². The number of nitrogens with zero attached hydrogens (tertiary/aromatic N) is 3. The van der Waals surface area contributed by atoms with E-state index in [-0.39, 0.29) is 5.41 Å². The summed E-state index contributed by atoms with van der Waals surface area (Å²) in [5.74, 6) is 1.83. The Balaban J connectivity index is 1.58. The van der Waals surface area contributed by atoms with Crippen LogP contribution in [0.25, 0.3) is 0 Å². The highest BCUT2D eigenvalue weighted by atomic mass is 16.5. The first-order valence-corrected chi connectivity index (χ1v) is 9.38. The Bertz CT molecular complexity index is 527. The largest absolute Gasteiger partial charge is 0.444 e. The molecule has 136 valence electrons. The molecule has 0 amide bonds. The quantitative estimate of drug-likeness (QED) is 0.846. The van der Waals surface area contributed by atoms with E-state index in [0.717, 1.165) is 44.4 Å². The molecule has 2 aliphatic heterocycles. The van der Waals surface area contributed by atoms with Crippen molar-refractivity contribution in [1.82, 2.24) is 14.8 Å². The lowest BCUT2D eigenvalue weighted by Crippen LogP contribution is -2.50. The topological polar surface area (TPSA) is 41.7 Å². The molecule has 0 saturated carbocycles. The molecule has 24 heavy (non-hydrogen) atoms. The lowest BCUT2D eigenvalue weighted by atomic mass is 9.94. The Morgan fingerprint density at radius 3 is 2.54 bits per heavy atom. The molecule has 3 atom stereocenters. The van der Waals surface area contributed by atoms with E-state index in [1.54, 1.807) is 0 Å². The van der Waals surface area contributed by atoms with Crippen LogP contribution in [0, 0.1) is 0 Å². The van der Waals surface area contributed by atoms with Crippen molar-refractivity contribution < 1.29 is 9.15 Å². The van der Waals surface area contributed by atoms with Gasteiger partial charge in [-0.1, -0.05) is 20.8 Å². The van der Waals surface area contributed by atoms with Gasteiger partial charge < -0.3 is 9.15 Å². The SMILES string of the molecule is CC1CN(CC2CCCN2Cc2ncc(C(C)(C)C)o2)CC(C)O1. The molecule has 0 radical (unpaired) electrons. The smallest absolute Gasteiger partial charge is 0.208 e. The fourth-order valence-corrected chi connectivity index (χ4v) is 3.95. The second kappa shape index (κ2) is 7.14. The fraction of sp³-hybridized carbons (Fsp3) is 0.842. The van der Waals surface area contributed by atoms with E-state index in [9.17, 15) is 0 Å². The third-order valence-corrected chi connectivity index (χ3v) is 5.09. The molecule has 0 aromatic carbocycles. The first-order chi connectivity index (χ1) is 11.3. The molecule has 3 rings (SSSR count). The molecular formula is C19H33N3O2. The first kappa shape index (κ1) is 17.9. The van der Waals surface area contributed by atoms with Crippen LogP contribution in [0.15, 0.2) is 10.6 Å². The Morgan fingerprint density at radius 2 is 1.92 bits per heavy atom. The number of ether oxygens (including phenoxy) is 1. The molecule has 2 saturated heterocycles. The van der Waals surface area contributed by atoms with Crippen molar-refractivity contribution >= 4 is 0 Å². The summed E-state index contributed by atoms with van der Waals surface area (Å²) in [5.41, 5.74) is 0.0236. The number of oxazole rings is 1. The zero-order valence-corrected chi connectivity index (χ0v) is 15.9. The summed E-state index contributed by atoms with van der Waals surface area (Å²) in [4.78, 5) is 9.62. The van der Waals surface area contributed by atoms with Gasteiger partial charge in [-0.2, -0.15) is 0 Å². The van der Waals surface area contributed by atoms with Crippen molar-refractivity contribution in [3.63, 3.8) is 0 Å². The molecule has 2 aliphatic rings. The average molecular weight is 335 g/mol.